The van der Waals surface area contributed by atoms with Crippen molar-refractivity contribution < 1.29 is 4.74 Å². The average molecular weight is 333 g/mol. The van der Waals surface area contributed by atoms with E-state index in [9.17, 15) is 0 Å². The Balaban J connectivity index is 1.63. The van der Waals surface area contributed by atoms with Gasteiger partial charge in [0, 0.05) is 43.2 Å². The van der Waals surface area contributed by atoms with Gasteiger partial charge in [-0.15, -0.1) is 11.3 Å². The van der Waals surface area contributed by atoms with Crippen molar-refractivity contribution in [3.8, 4) is 0 Å². The first kappa shape index (κ1) is 16.3. The van der Waals surface area contributed by atoms with E-state index >= 15 is 0 Å². The van der Waals surface area contributed by atoms with Crippen LogP contribution in [0, 0.1) is 13.8 Å². The van der Waals surface area contributed by atoms with E-state index in [4.69, 9.17) is 4.74 Å². The van der Waals surface area contributed by atoms with E-state index in [0.717, 1.165) is 60.7 Å². The Morgan fingerprint density at radius 1 is 1.35 bits per heavy atom. The number of thiazole rings is 1. The summed E-state index contributed by atoms with van der Waals surface area (Å²) in [5.74, 6) is 1.63. The van der Waals surface area contributed by atoms with Crippen molar-refractivity contribution in [1.82, 2.24) is 19.9 Å². The summed E-state index contributed by atoms with van der Waals surface area (Å²) in [5, 5.41) is 6.61. The van der Waals surface area contributed by atoms with Crippen LogP contribution in [-0.2, 0) is 11.2 Å². The Hall–Kier alpha value is -1.57. The number of nitrogens with zero attached hydrogens (tertiary/aromatic N) is 4. The van der Waals surface area contributed by atoms with Gasteiger partial charge in [0.05, 0.1) is 17.3 Å². The molecule has 1 aliphatic rings. The van der Waals surface area contributed by atoms with E-state index in [1.807, 2.05) is 19.9 Å². The normalized spacial score (nSPS) is 19.0. The molecule has 0 spiro atoms. The molecule has 3 heterocycles. The zero-order chi connectivity index (χ0) is 16.2. The van der Waals surface area contributed by atoms with Crippen molar-refractivity contribution >= 4 is 17.2 Å². The topological polar surface area (TPSA) is 63.2 Å². The highest BCUT2D eigenvalue weighted by Gasteiger charge is 2.21. The third kappa shape index (κ3) is 4.46. The largest absolute Gasteiger partial charge is 0.370 e. The maximum Gasteiger partial charge on any atom is 0.130 e. The lowest BCUT2D eigenvalue weighted by atomic mass is 10.2. The molecule has 2 aromatic rings. The Morgan fingerprint density at radius 3 is 2.96 bits per heavy atom. The second kappa shape index (κ2) is 7.33. The van der Waals surface area contributed by atoms with Gasteiger partial charge in [0.1, 0.15) is 17.7 Å². The van der Waals surface area contributed by atoms with Crippen molar-refractivity contribution in [2.75, 3.05) is 38.6 Å². The van der Waals surface area contributed by atoms with Crippen molar-refractivity contribution in [1.29, 1.82) is 0 Å². The average Bonchev–Trinajstić information content (AvgIpc) is 2.92. The molecule has 0 unspecified atom stereocenters. The summed E-state index contributed by atoms with van der Waals surface area (Å²) >= 11 is 1.70. The van der Waals surface area contributed by atoms with Gasteiger partial charge in [0.2, 0.25) is 0 Å². The lowest BCUT2D eigenvalue weighted by Crippen LogP contribution is -2.35. The van der Waals surface area contributed by atoms with Crippen LogP contribution in [0.2, 0.25) is 0 Å². The van der Waals surface area contributed by atoms with Crippen LogP contribution >= 0.6 is 11.3 Å². The van der Waals surface area contributed by atoms with E-state index in [0.29, 0.717) is 0 Å². The molecule has 0 aromatic carbocycles. The van der Waals surface area contributed by atoms with E-state index in [1.54, 1.807) is 11.3 Å². The van der Waals surface area contributed by atoms with Gasteiger partial charge >= 0.3 is 0 Å². The van der Waals surface area contributed by atoms with Crippen LogP contribution < -0.4 is 5.32 Å². The molecular formula is C16H23N5OS. The van der Waals surface area contributed by atoms with Crippen molar-refractivity contribution in [3.05, 3.63) is 33.7 Å². The van der Waals surface area contributed by atoms with Crippen LogP contribution in [0.1, 0.15) is 28.3 Å². The van der Waals surface area contributed by atoms with Gasteiger partial charge in [0.25, 0.3) is 0 Å². The number of anilines is 1. The number of ether oxygens (including phenoxy) is 1. The minimum absolute atomic E-state index is 0.0256. The van der Waals surface area contributed by atoms with Gasteiger partial charge < -0.3 is 15.0 Å². The highest BCUT2D eigenvalue weighted by molar-refractivity contribution is 7.09. The maximum absolute atomic E-state index is 5.85. The first-order valence-electron chi connectivity index (χ1n) is 7.91. The molecule has 1 N–H and O–H groups in total. The van der Waals surface area contributed by atoms with Crippen LogP contribution in [0.4, 0.5) is 5.82 Å². The van der Waals surface area contributed by atoms with Gasteiger partial charge in [0.15, 0.2) is 0 Å². The van der Waals surface area contributed by atoms with Crippen LogP contribution in [0.5, 0.6) is 0 Å². The molecule has 0 saturated carbocycles. The Labute approximate surface area is 140 Å². The van der Waals surface area contributed by atoms with E-state index in [2.05, 4.69) is 37.6 Å². The first-order valence-corrected chi connectivity index (χ1v) is 8.79. The van der Waals surface area contributed by atoms with Crippen LogP contribution in [0.15, 0.2) is 11.4 Å². The van der Waals surface area contributed by atoms with Crippen LogP contribution in [-0.4, -0.2) is 53.1 Å². The number of nitrogens with one attached hydrogen (secondary N) is 1. The Kier molecular flexibility index (Phi) is 5.20. The Bertz CT molecular complexity index is 660. The quantitative estimate of drug-likeness (QED) is 0.905. The standard InChI is InChI=1S/C16H23N5OS/c1-11-10-23-16(18-11)4-5-17-15-8-13(19-12(2)20-15)14-9-21(3)6-7-22-14/h8,10,14H,4-7,9H2,1-3H3,(H,17,19,20)/t14-/m0/s1. The third-order valence-electron chi connectivity index (χ3n) is 3.77. The minimum Gasteiger partial charge on any atom is -0.370 e. The van der Waals surface area contributed by atoms with E-state index in [1.165, 1.54) is 0 Å². The molecular weight excluding hydrogens is 310 g/mol. The van der Waals surface area contributed by atoms with Crippen molar-refractivity contribution in [2.45, 2.75) is 26.4 Å². The first-order chi connectivity index (χ1) is 11.1. The molecule has 3 rings (SSSR count). The zero-order valence-electron chi connectivity index (χ0n) is 13.9. The SMILES string of the molecule is Cc1csc(CCNc2cc([C@@H]3CN(C)CCO3)nc(C)n2)n1. The molecule has 7 heteroatoms. The summed E-state index contributed by atoms with van der Waals surface area (Å²) in [6.45, 7) is 7.35. The molecule has 1 fully saturated rings. The second-order valence-corrected chi connectivity index (χ2v) is 6.85. The maximum atomic E-state index is 5.85. The third-order valence-corrected chi connectivity index (χ3v) is 4.80. The summed E-state index contributed by atoms with van der Waals surface area (Å²) in [5.41, 5.74) is 2.04. The van der Waals surface area contributed by atoms with Crippen LogP contribution in [0.25, 0.3) is 0 Å². The summed E-state index contributed by atoms with van der Waals surface area (Å²) in [7, 11) is 2.11. The molecule has 0 radical (unpaired) electrons. The molecule has 1 atom stereocenters. The predicted molar refractivity (Wildman–Crippen MR) is 92.0 cm³/mol. The highest BCUT2D eigenvalue weighted by atomic mass is 32.1. The number of morpholine rings is 1. The smallest absolute Gasteiger partial charge is 0.130 e. The Morgan fingerprint density at radius 2 is 2.22 bits per heavy atom. The van der Waals surface area contributed by atoms with E-state index in [-0.39, 0.29) is 6.10 Å². The van der Waals surface area contributed by atoms with Crippen LogP contribution in [0.3, 0.4) is 0 Å². The lowest BCUT2D eigenvalue weighted by Gasteiger charge is -2.29. The fourth-order valence-corrected chi connectivity index (χ4v) is 3.39. The summed E-state index contributed by atoms with van der Waals surface area (Å²) in [4.78, 5) is 15.8. The number of rotatable bonds is 5. The number of likely N-dealkylation sites (N-methyl/N-ethyl adjacent to an activating group) is 1. The molecule has 1 saturated heterocycles. The van der Waals surface area contributed by atoms with Gasteiger partial charge in [-0.3, -0.25) is 0 Å². The van der Waals surface area contributed by atoms with Gasteiger partial charge in [-0.2, -0.15) is 0 Å². The highest BCUT2D eigenvalue weighted by Crippen LogP contribution is 2.22. The zero-order valence-corrected chi connectivity index (χ0v) is 14.7. The van der Waals surface area contributed by atoms with Crippen molar-refractivity contribution in [3.63, 3.8) is 0 Å². The fraction of sp³-hybridized carbons (Fsp3) is 0.562. The van der Waals surface area contributed by atoms with E-state index < -0.39 is 0 Å². The molecule has 0 aliphatic carbocycles. The number of aryl methyl sites for hydroxylation is 2. The molecule has 2 aromatic heterocycles. The lowest BCUT2D eigenvalue weighted by molar-refractivity contribution is -0.0232. The predicted octanol–water partition coefficient (Wildman–Crippen LogP) is 2.21. The molecule has 124 valence electrons. The number of aromatic nitrogens is 3. The molecule has 0 bridgehead atoms. The van der Waals surface area contributed by atoms with Gasteiger partial charge in [-0.1, -0.05) is 0 Å². The monoisotopic (exact) mass is 333 g/mol. The fourth-order valence-electron chi connectivity index (χ4n) is 2.62. The molecule has 6 nitrogen and oxygen atoms in total. The number of hydrogen-bond donors (Lipinski definition) is 1. The number of hydrogen-bond acceptors (Lipinski definition) is 7. The molecule has 0 amide bonds. The van der Waals surface area contributed by atoms with Gasteiger partial charge in [-0.25, -0.2) is 15.0 Å². The minimum atomic E-state index is 0.0256. The summed E-state index contributed by atoms with van der Waals surface area (Å²) in [6, 6.07) is 2.00. The summed E-state index contributed by atoms with van der Waals surface area (Å²) < 4.78 is 5.85. The second-order valence-electron chi connectivity index (χ2n) is 5.91. The van der Waals surface area contributed by atoms with Crippen molar-refractivity contribution in [2.24, 2.45) is 0 Å². The summed E-state index contributed by atoms with van der Waals surface area (Å²) in [6.07, 6.45) is 0.928. The molecule has 1 aliphatic heterocycles. The van der Waals surface area contributed by atoms with Gasteiger partial charge in [-0.05, 0) is 20.9 Å². The molecule has 23 heavy (non-hydrogen) atoms.